The van der Waals surface area contributed by atoms with Crippen LogP contribution in [0.25, 0.3) is 0 Å². The second kappa shape index (κ2) is 3.77. The van der Waals surface area contributed by atoms with E-state index in [9.17, 15) is 5.11 Å². The summed E-state index contributed by atoms with van der Waals surface area (Å²) in [5, 5.41) is 13.7. The largest absolute Gasteiger partial charge is 0.391 e. The van der Waals surface area contributed by atoms with Crippen LogP contribution in [0.15, 0.2) is 18.2 Å². The third kappa shape index (κ3) is 1.82. The van der Waals surface area contributed by atoms with Crippen LogP contribution < -0.4 is 5.32 Å². The normalized spacial score (nSPS) is 28.4. The summed E-state index contributed by atoms with van der Waals surface area (Å²) >= 11 is 0. The number of nitrogens with one attached hydrogen (secondary N) is 1. The third-order valence-electron chi connectivity index (χ3n) is 3.87. The van der Waals surface area contributed by atoms with Gasteiger partial charge in [-0.25, -0.2) is 0 Å². The van der Waals surface area contributed by atoms with Gasteiger partial charge in [0.2, 0.25) is 0 Å². The van der Waals surface area contributed by atoms with Crippen molar-refractivity contribution in [2.75, 3.05) is 5.32 Å². The van der Waals surface area contributed by atoms with Crippen LogP contribution in [0.4, 0.5) is 5.69 Å². The van der Waals surface area contributed by atoms with E-state index in [1.54, 1.807) is 0 Å². The van der Waals surface area contributed by atoms with Crippen LogP contribution >= 0.6 is 0 Å². The lowest BCUT2D eigenvalue weighted by Crippen LogP contribution is -2.39. The topological polar surface area (TPSA) is 32.3 Å². The Balaban J connectivity index is 1.84. The number of fused-ring (bicyclic) bond motifs is 1. The summed E-state index contributed by atoms with van der Waals surface area (Å²) in [6.07, 6.45) is 4.43. The Morgan fingerprint density at radius 1 is 1.38 bits per heavy atom. The van der Waals surface area contributed by atoms with E-state index in [1.165, 1.54) is 29.7 Å². The van der Waals surface area contributed by atoms with Crippen LogP contribution in [0, 0.1) is 12.8 Å². The first kappa shape index (κ1) is 10.2. The molecule has 0 amide bonds. The zero-order chi connectivity index (χ0) is 11.1. The van der Waals surface area contributed by atoms with Crippen LogP contribution in [-0.2, 0) is 6.42 Å². The molecule has 2 unspecified atom stereocenters. The molecule has 1 aromatic rings. The molecule has 86 valence electrons. The molecule has 2 aliphatic rings. The van der Waals surface area contributed by atoms with Crippen LogP contribution in [0.5, 0.6) is 0 Å². The van der Waals surface area contributed by atoms with Crippen LogP contribution in [0.1, 0.15) is 30.4 Å². The summed E-state index contributed by atoms with van der Waals surface area (Å²) in [6, 6.07) is 6.59. The fourth-order valence-corrected chi connectivity index (χ4v) is 2.68. The lowest BCUT2D eigenvalue weighted by atomic mass is 9.91. The van der Waals surface area contributed by atoms with Crippen LogP contribution in [-0.4, -0.2) is 17.3 Å². The maximum Gasteiger partial charge on any atom is 0.0782 e. The Bertz CT molecular complexity index is 398. The van der Waals surface area contributed by atoms with Gasteiger partial charge in [-0.1, -0.05) is 31.0 Å². The number of benzene rings is 1. The third-order valence-corrected chi connectivity index (χ3v) is 3.87. The molecule has 2 nitrogen and oxygen atoms in total. The number of aryl methyl sites for hydroxylation is 1. The van der Waals surface area contributed by atoms with Crippen molar-refractivity contribution < 1.29 is 5.11 Å². The van der Waals surface area contributed by atoms with Gasteiger partial charge in [-0.3, -0.25) is 0 Å². The van der Waals surface area contributed by atoms with E-state index in [4.69, 9.17) is 0 Å². The van der Waals surface area contributed by atoms with Crippen LogP contribution in [0.3, 0.4) is 0 Å². The number of aliphatic hydroxyl groups is 1. The molecule has 16 heavy (non-hydrogen) atoms. The summed E-state index contributed by atoms with van der Waals surface area (Å²) in [5.41, 5.74) is 3.82. The number of anilines is 1. The van der Waals surface area contributed by atoms with Crippen molar-refractivity contribution in [1.29, 1.82) is 0 Å². The van der Waals surface area contributed by atoms with E-state index in [-0.39, 0.29) is 12.1 Å². The van der Waals surface area contributed by atoms with Crippen molar-refractivity contribution in [3.63, 3.8) is 0 Å². The predicted octanol–water partition coefficient (Wildman–Crippen LogP) is 2.49. The zero-order valence-electron chi connectivity index (χ0n) is 9.74. The molecule has 0 bridgehead atoms. The highest BCUT2D eigenvalue weighted by Gasteiger charge is 2.32. The van der Waals surface area contributed by atoms with Gasteiger partial charge in [0.1, 0.15) is 0 Å². The van der Waals surface area contributed by atoms with Gasteiger partial charge in [0.15, 0.2) is 0 Å². The maximum atomic E-state index is 10.1. The average molecular weight is 217 g/mol. The Labute approximate surface area is 96.7 Å². The molecule has 1 aliphatic heterocycles. The number of hydrogen-bond acceptors (Lipinski definition) is 2. The van der Waals surface area contributed by atoms with Crippen molar-refractivity contribution in [3.05, 3.63) is 29.3 Å². The molecule has 2 atom stereocenters. The van der Waals surface area contributed by atoms with E-state index in [0.717, 1.165) is 18.8 Å². The maximum absolute atomic E-state index is 10.1. The summed E-state index contributed by atoms with van der Waals surface area (Å²) in [7, 11) is 0. The van der Waals surface area contributed by atoms with Gasteiger partial charge < -0.3 is 10.4 Å². The second-order valence-corrected chi connectivity index (χ2v) is 5.31. The number of para-hydroxylation sites is 1. The number of hydrogen-bond donors (Lipinski definition) is 2. The number of rotatable bonds is 2. The number of aliphatic hydroxyl groups excluding tert-OH is 1. The average Bonchev–Trinajstić information content (AvgIpc) is 3.04. The summed E-state index contributed by atoms with van der Waals surface area (Å²) in [5.74, 6) is 0.859. The van der Waals surface area contributed by atoms with Crippen LogP contribution in [0.2, 0.25) is 0 Å². The SMILES string of the molecule is Cc1cccc2c1NC(CC1CC1)C(O)C2. The lowest BCUT2D eigenvalue weighted by Gasteiger charge is -2.32. The molecule has 1 heterocycles. The molecule has 1 saturated carbocycles. The minimum absolute atomic E-state index is 0.213. The molecule has 0 saturated heterocycles. The fraction of sp³-hybridized carbons (Fsp3) is 0.571. The minimum Gasteiger partial charge on any atom is -0.391 e. The summed E-state index contributed by atoms with van der Waals surface area (Å²) in [4.78, 5) is 0. The van der Waals surface area contributed by atoms with Crippen molar-refractivity contribution in [1.82, 2.24) is 0 Å². The first-order valence-electron chi connectivity index (χ1n) is 6.27. The molecule has 1 aromatic carbocycles. The summed E-state index contributed by atoms with van der Waals surface area (Å²) < 4.78 is 0. The summed E-state index contributed by atoms with van der Waals surface area (Å²) in [6.45, 7) is 2.14. The van der Waals surface area contributed by atoms with Crippen molar-refractivity contribution >= 4 is 5.69 Å². The Morgan fingerprint density at radius 2 is 2.19 bits per heavy atom. The van der Waals surface area contributed by atoms with E-state index in [0.29, 0.717) is 0 Å². The van der Waals surface area contributed by atoms with Crippen molar-refractivity contribution in [3.8, 4) is 0 Å². The predicted molar refractivity (Wildman–Crippen MR) is 65.6 cm³/mol. The Kier molecular flexibility index (Phi) is 2.40. The minimum atomic E-state index is -0.213. The highest BCUT2D eigenvalue weighted by molar-refractivity contribution is 5.60. The van der Waals surface area contributed by atoms with Crippen molar-refractivity contribution in [2.24, 2.45) is 5.92 Å². The molecule has 1 aliphatic carbocycles. The molecular weight excluding hydrogens is 198 g/mol. The first-order valence-corrected chi connectivity index (χ1v) is 6.27. The van der Waals surface area contributed by atoms with Gasteiger partial charge in [0, 0.05) is 12.1 Å². The van der Waals surface area contributed by atoms with E-state index >= 15 is 0 Å². The smallest absolute Gasteiger partial charge is 0.0782 e. The molecule has 2 heteroatoms. The molecular formula is C14H19NO. The van der Waals surface area contributed by atoms with Gasteiger partial charge in [0.25, 0.3) is 0 Å². The molecule has 0 aromatic heterocycles. The van der Waals surface area contributed by atoms with Gasteiger partial charge >= 0.3 is 0 Å². The molecule has 0 spiro atoms. The second-order valence-electron chi connectivity index (χ2n) is 5.31. The van der Waals surface area contributed by atoms with Gasteiger partial charge in [-0.15, -0.1) is 0 Å². The Morgan fingerprint density at radius 3 is 2.94 bits per heavy atom. The van der Waals surface area contributed by atoms with Crippen molar-refractivity contribution in [2.45, 2.75) is 44.8 Å². The molecule has 0 radical (unpaired) electrons. The Hall–Kier alpha value is -1.02. The van der Waals surface area contributed by atoms with Gasteiger partial charge in [-0.05, 0) is 30.4 Å². The lowest BCUT2D eigenvalue weighted by molar-refractivity contribution is 0.141. The van der Waals surface area contributed by atoms with Gasteiger partial charge in [0.05, 0.1) is 12.1 Å². The van der Waals surface area contributed by atoms with E-state index in [1.807, 2.05) is 0 Å². The fourth-order valence-electron chi connectivity index (χ4n) is 2.68. The standard InChI is InChI=1S/C14H19NO/c1-9-3-2-4-11-8-13(16)12(15-14(9)11)7-10-5-6-10/h2-4,10,12-13,15-16H,5-8H2,1H3. The molecule has 1 fully saturated rings. The molecule has 2 N–H and O–H groups in total. The monoisotopic (exact) mass is 217 g/mol. The van der Waals surface area contributed by atoms with E-state index < -0.39 is 0 Å². The van der Waals surface area contributed by atoms with E-state index in [2.05, 4.69) is 30.4 Å². The van der Waals surface area contributed by atoms with Gasteiger partial charge in [-0.2, -0.15) is 0 Å². The zero-order valence-corrected chi connectivity index (χ0v) is 9.74. The quantitative estimate of drug-likeness (QED) is 0.797. The highest BCUT2D eigenvalue weighted by Crippen LogP contribution is 2.37. The highest BCUT2D eigenvalue weighted by atomic mass is 16.3. The molecule has 3 rings (SSSR count). The first-order chi connectivity index (χ1) is 7.74.